The lowest BCUT2D eigenvalue weighted by Gasteiger charge is -2.22. The van der Waals surface area contributed by atoms with Crippen LogP contribution in [0.25, 0.3) is 0 Å². The lowest BCUT2D eigenvalue weighted by Crippen LogP contribution is -2.29. The first-order chi connectivity index (χ1) is 9.88. The molecule has 0 saturated heterocycles. The topological polar surface area (TPSA) is 90.3 Å². The molecular formula is C15H28N4O2. The number of aryl methyl sites for hydroxylation is 1. The second-order valence-corrected chi connectivity index (χ2v) is 5.91. The van der Waals surface area contributed by atoms with Crippen molar-refractivity contribution in [2.45, 2.75) is 46.7 Å². The van der Waals surface area contributed by atoms with Crippen LogP contribution in [0.3, 0.4) is 0 Å². The highest BCUT2D eigenvalue weighted by atomic mass is 16.3. The normalized spacial score (nSPS) is 16.9. The minimum Gasteiger partial charge on any atom is -0.396 e. The van der Waals surface area contributed by atoms with E-state index in [-0.39, 0.29) is 37.1 Å². The monoisotopic (exact) mass is 296 g/mol. The summed E-state index contributed by atoms with van der Waals surface area (Å²) in [6, 6.07) is 0.199. The average Bonchev–Trinajstić information content (AvgIpc) is 2.48. The summed E-state index contributed by atoms with van der Waals surface area (Å²) in [4.78, 5) is 8.76. The van der Waals surface area contributed by atoms with E-state index in [1.54, 1.807) is 6.20 Å². The van der Waals surface area contributed by atoms with E-state index in [1.165, 1.54) is 0 Å². The third-order valence-electron chi connectivity index (χ3n) is 3.98. The van der Waals surface area contributed by atoms with Crippen molar-refractivity contribution >= 4 is 11.8 Å². The van der Waals surface area contributed by atoms with E-state index in [9.17, 15) is 10.2 Å². The van der Waals surface area contributed by atoms with Crippen molar-refractivity contribution in [1.82, 2.24) is 9.97 Å². The van der Waals surface area contributed by atoms with E-state index in [0.717, 1.165) is 11.4 Å². The summed E-state index contributed by atoms with van der Waals surface area (Å²) in [5.74, 6) is 1.58. The molecule has 120 valence electrons. The van der Waals surface area contributed by atoms with Crippen LogP contribution in [0.5, 0.6) is 0 Å². The first-order valence-electron chi connectivity index (χ1n) is 7.47. The van der Waals surface area contributed by atoms with Gasteiger partial charge in [-0.05, 0) is 32.6 Å². The number of aromatic nitrogens is 2. The predicted octanol–water partition coefficient (Wildman–Crippen LogP) is 1.64. The Morgan fingerprint density at radius 3 is 2.05 bits per heavy atom. The van der Waals surface area contributed by atoms with Crippen molar-refractivity contribution in [2.75, 3.05) is 23.8 Å². The van der Waals surface area contributed by atoms with Gasteiger partial charge < -0.3 is 20.8 Å². The molecule has 0 aliphatic rings. The van der Waals surface area contributed by atoms with Gasteiger partial charge >= 0.3 is 0 Å². The van der Waals surface area contributed by atoms with Gasteiger partial charge in [0.05, 0.1) is 0 Å². The van der Waals surface area contributed by atoms with Gasteiger partial charge in [0.1, 0.15) is 5.82 Å². The molecule has 0 amide bonds. The number of rotatable bonds is 8. The molecule has 21 heavy (non-hydrogen) atoms. The Morgan fingerprint density at radius 2 is 1.52 bits per heavy atom. The Hall–Kier alpha value is -1.40. The van der Waals surface area contributed by atoms with E-state index >= 15 is 0 Å². The van der Waals surface area contributed by atoms with Crippen LogP contribution in [-0.2, 0) is 0 Å². The highest BCUT2D eigenvalue weighted by Crippen LogP contribution is 2.17. The SMILES string of the molecule is Cc1cnc(NC(C)C(C)CO)nc1NC(C)C(C)CO. The first-order valence-corrected chi connectivity index (χ1v) is 7.47. The molecule has 0 aliphatic heterocycles. The Morgan fingerprint density at radius 1 is 1.00 bits per heavy atom. The van der Waals surface area contributed by atoms with E-state index in [2.05, 4.69) is 20.6 Å². The molecule has 0 aromatic carbocycles. The zero-order chi connectivity index (χ0) is 16.0. The van der Waals surface area contributed by atoms with Crippen LogP contribution in [0.2, 0.25) is 0 Å². The van der Waals surface area contributed by atoms with Crippen molar-refractivity contribution < 1.29 is 10.2 Å². The number of anilines is 2. The zero-order valence-electron chi connectivity index (χ0n) is 13.6. The molecule has 6 nitrogen and oxygen atoms in total. The van der Waals surface area contributed by atoms with Crippen LogP contribution in [0.4, 0.5) is 11.8 Å². The number of nitrogens with zero attached hydrogens (tertiary/aromatic N) is 2. The van der Waals surface area contributed by atoms with Gasteiger partial charge in [-0.25, -0.2) is 4.98 Å². The van der Waals surface area contributed by atoms with Gasteiger partial charge in [0.2, 0.25) is 5.95 Å². The molecule has 1 aromatic heterocycles. The second kappa shape index (κ2) is 8.14. The summed E-state index contributed by atoms with van der Waals surface area (Å²) in [5, 5.41) is 24.9. The molecule has 0 aliphatic carbocycles. The summed E-state index contributed by atoms with van der Waals surface area (Å²) in [5.41, 5.74) is 0.959. The molecule has 0 fully saturated rings. The molecular weight excluding hydrogens is 268 g/mol. The van der Waals surface area contributed by atoms with Gasteiger partial charge in [-0.3, -0.25) is 0 Å². The quantitative estimate of drug-likeness (QED) is 0.583. The van der Waals surface area contributed by atoms with Gasteiger partial charge in [0.25, 0.3) is 0 Å². The summed E-state index contributed by atoms with van der Waals surface area (Å²) in [7, 11) is 0. The van der Waals surface area contributed by atoms with Crippen molar-refractivity contribution in [2.24, 2.45) is 11.8 Å². The van der Waals surface area contributed by atoms with E-state index in [1.807, 2.05) is 34.6 Å². The summed E-state index contributed by atoms with van der Waals surface area (Å²) in [6.45, 7) is 10.2. The van der Waals surface area contributed by atoms with Gasteiger partial charge in [-0.1, -0.05) is 13.8 Å². The summed E-state index contributed by atoms with van der Waals surface area (Å²) >= 11 is 0. The Bertz CT molecular complexity index is 442. The number of hydrogen-bond donors (Lipinski definition) is 4. The van der Waals surface area contributed by atoms with Gasteiger partial charge in [-0.15, -0.1) is 0 Å². The van der Waals surface area contributed by atoms with Crippen molar-refractivity contribution in [3.63, 3.8) is 0 Å². The highest BCUT2D eigenvalue weighted by Gasteiger charge is 2.15. The molecule has 4 N–H and O–H groups in total. The lowest BCUT2D eigenvalue weighted by atomic mass is 10.1. The summed E-state index contributed by atoms with van der Waals surface area (Å²) < 4.78 is 0. The Kier molecular flexibility index (Phi) is 6.84. The lowest BCUT2D eigenvalue weighted by molar-refractivity contribution is 0.226. The van der Waals surface area contributed by atoms with Crippen molar-refractivity contribution in [3.8, 4) is 0 Å². The maximum absolute atomic E-state index is 9.21. The predicted molar refractivity (Wildman–Crippen MR) is 85.4 cm³/mol. The third-order valence-corrected chi connectivity index (χ3v) is 3.98. The molecule has 0 spiro atoms. The largest absolute Gasteiger partial charge is 0.396 e. The molecule has 4 unspecified atom stereocenters. The van der Waals surface area contributed by atoms with E-state index < -0.39 is 0 Å². The van der Waals surface area contributed by atoms with Crippen LogP contribution < -0.4 is 10.6 Å². The maximum atomic E-state index is 9.21. The number of hydrogen-bond acceptors (Lipinski definition) is 6. The fourth-order valence-corrected chi connectivity index (χ4v) is 1.68. The molecule has 0 radical (unpaired) electrons. The molecule has 1 aromatic rings. The fraction of sp³-hybridized carbons (Fsp3) is 0.733. The fourth-order valence-electron chi connectivity index (χ4n) is 1.68. The van der Waals surface area contributed by atoms with Crippen LogP contribution in [0.15, 0.2) is 6.20 Å². The van der Waals surface area contributed by atoms with E-state index in [4.69, 9.17) is 0 Å². The van der Waals surface area contributed by atoms with Gasteiger partial charge in [-0.2, -0.15) is 4.98 Å². The maximum Gasteiger partial charge on any atom is 0.224 e. The molecule has 1 rings (SSSR count). The summed E-state index contributed by atoms with van der Waals surface area (Å²) in [6.07, 6.45) is 1.77. The van der Waals surface area contributed by atoms with Crippen LogP contribution in [0, 0.1) is 18.8 Å². The van der Waals surface area contributed by atoms with Crippen molar-refractivity contribution in [1.29, 1.82) is 0 Å². The standard InChI is InChI=1S/C15H28N4O2/c1-9-6-16-15(18-13(5)11(3)8-21)19-14(9)17-12(4)10(2)7-20/h6,10-13,20-21H,7-8H2,1-5H3,(H2,16,17,18,19). The second-order valence-electron chi connectivity index (χ2n) is 5.91. The number of aliphatic hydroxyl groups is 2. The highest BCUT2D eigenvalue weighted by molar-refractivity contribution is 5.47. The number of nitrogens with one attached hydrogen (secondary N) is 2. The Labute approximate surface area is 127 Å². The molecule has 0 saturated carbocycles. The average molecular weight is 296 g/mol. The van der Waals surface area contributed by atoms with Gasteiger partial charge in [0.15, 0.2) is 0 Å². The van der Waals surface area contributed by atoms with Crippen molar-refractivity contribution in [3.05, 3.63) is 11.8 Å². The van der Waals surface area contributed by atoms with Gasteiger partial charge in [0, 0.05) is 37.1 Å². The first kappa shape index (κ1) is 17.7. The van der Waals surface area contributed by atoms with E-state index in [0.29, 0.717) is 5.95 Å². The number of aliphatic hydroxyl groups excluding tert-OH is 2. The Balaban J connectivity index is 2.80. The van der Waals surface area contributed by atoms with Crippen LogP contribution >= 0.6 is 0 Å². The van der Waals surface area contributed by atoms with Crippen LogP contribution in [-0.4, -0.2) is 45.5 Å². The molecule has 0 bridgehead atoms. The molecule has 6 heteroatoms. The zero-order valence-corrected chi connectivity index (χ0v) is 13.6. The minimum atomic E-state index is 0.0827. The molecule has 4 atom stereocenters. The molecule has 1 heterocycles. The smallest absolute Gasteiger partial charge is 0.224 e. The van der Waals surface area contributed by atoms with Crippen LogP contribution in [0.1, 0.15) is 33.3 Å². The third kappa shape index (κ3) is 5.13. The minimum absolute atomic E-state index is 0.0827.